The fourth-order valence-electron chi connectivity index (χ4n) is 2.84. The largest absolute Gasteiger partial charge is 0.480 e. The highest BCUT2D eigenvalue weighted by Gasteiger charge is 2.21. The lowest BCUT2D eigenvalue weighted by atomic mass is 9.92. The van der Waals surface area contributed by atoms with Gasteiger partial charge in [-0.05, 0) is 52.3 Å². The summed E-state index contributed by atoms with van der Waals surface area (Å²) in [6.45, 7) is 1.94. The predicted molar refractivity (Wildman–Crippen MR) is 104 cm³/mol. The summed E-state index contributed by atoms with van der Waals surface area (Å²) in [5.41, 5.74) is 4.26. The summed E-state index contributed by atoms with van der Waals surface area (Å²) in [6.07, 6.45) is 3.46. The van der Waals surface area contributed by atoms with E-state index in [-0.39, 0.29) is 5.82 Å². The molecule has 1 aromatic heterocycles. The van der Waals surface area contributed by atoms with Crippen LogP contribution in [0.25, 0.3) is 22.3 Å². The third kappa shape index (κ3) is 3.94. The third-order valence-electron chi connectivity index (χ3n) is 4.03. The normalized spacial score (nSPS) is 11.9. The van der Waals surface area contributed by atoms with E-state index in [1.165, 1.54) is 23.9 Å². The average molecular weight is 367 g/mol. The second-order valence-corrected chi connectivity index (χ2v) is 7.11. The molecule has 0 saturated heterocycles. The number of carboxylic acids is 1. The van der Waals surface area contributed by atoms with Gasteiger partial charge in [0.1, 0.15) is 11.1 Å². The van der Waals surface area contributed by atoms with Crippen molar-refractivity contribution in [3.8, 4) is 22.3 Å². The molecule has 0 spiro atoms. The van der Waals surface area contributed by atoms with Gasteiger partial charge in [-0.15, -0.1) is 11.8 Å². The molecule has 132 valence electrons. The SMILES string of the molecule is CCSC(C(=O)O)c1ccc(-c2cccnc2)c(-c2ccc(F)cc2)c1. The van der Waals surface area contributed by atoms with Crippen molar-refractivity contribution in [2.75, 3.05) is 5.75 Å². The van der Waals surface area contributed by atoms with Crippen molar-refractivity contribution in [3.63, 3.8) is 0 Å². The van der Waals surface area contributed by atoms with Crippen LogP contribution in [0.2, 0.25) is 0 Å². The summed E-state index contributed by atoms with van der Waals surface area (Å²) >= 11 is 1.37. The van der Waals surface area contributed by atoms with Crippen molar-refractivity contribution < 1.29 is 14.3 Å². The van der Waals surface area contributed by atoms with Crippen LogP contribution in [0.4, 0.5) is 4.39 Å². The fourth-order valence-corrected chi connectivity index (χ4v) is 3.66. The van der Waals surface area contributed by atoms with E-state index in [0.29, 0.717) is 5.75 Å². The molecule has 0 bridgehead atoms. The van der Waals surface area contributed by atoms with E-state index in [1.54, 1.807) is 24.5 Å². The number of carboxylic acid groups (broad SMARTS) is 1. The predicted octanol–water partition coefficient (Wildman–Crippen LogP) is 5.43. The number of thioether (sulfide) groups is 1. The van der Waals surface area contributed by atoms with Crippen molar-refractivity contribution in [2.45, 2.75) is 12.2 Å². The standard InChI is InChI=1S/C21H18FNO2S/c1-2-26-20(21(24)25)15-7-10-18(16-4-3-11-23-13-16)19(12-15)14-5-8-17(22)9-6-14/h3-13,20H,2H2,1H3,(H,24,25). The lowest BCUT2D eigenvalue weighted by molar-refractivity contribution is -0.136. The maximum absolute atomic E-state index is 13.3. The van der Waals surface area contributed by atoms with Gasteiger partial charge in [0.2, 0.25) is 0 Å². The van der Waals surface area contributed by atoms with E-state index in [2.05, 4.69) is 4.98 Å². The number of halogens is 1. The molecule has 1 heterocycles. The van der Waals surface area contributed by atoms with E-state index in [1.807, 2.05) is 37.3 Å². The van der Waals surface area contributed by atoms with E-state index >= 15 is 0 Å². The minimum atomic E-state index is -0.865. The zero-order chi connectivity index (χ0) is 18.5. The lowest BCUT2D eigenvalue weighted by Gasteiger charge is -2.16. The molecule has 3 nitrogen and oxygen atoms in total. The molecule has 0 aliphatic rings. The molecule has 0 saturated carbocycles. The molecule has 0 radical (unpaired) electrons. The third-order valence-corrected chi connectivity index (χ3v) is 5.17. The molecule has 1 atom stereocenters. The highest BCUT2D eigenvalue weighted by atomic mass is 32.2. The van der Waals surface area contributed by atoms with Crippen molar-refractivity contribution >= 4 is 17.7 Å². The lowest BCUT2D eigenvalue weighted by Crippen LogP contribution is -2.08. The number of aromatic nitrogens is 1. The van der Waals surface area contributed by atoms with Crippen LogP contribution in [-0.2, 0) is 4.79 Å². The van der Waals surface area contributed by atoms with E-state index < -0.39 is 11.2 Å². The number of nitrogens with zero attached hydrogens (tertiary/aromatic N) is 1. The van der Waals surface area contributed by atoms with Gasteiger partial charge in [-0.25, -0.2) is 4.39 Å². The van der Waals surface area contributed by atoms with E-state index in [0.717, 1.165) is 27.8 Å². The number of benzene rings is 2. The van der Waals surface area contributed by atoms with Crippen LogP contribution in [0, 0.1) is 5.82 Å². The molecule has 3 rings (SSSR count). The van der Waals surface area contributed by atoms with Gasteiger partial charge < -0.3 is 5.11 Å². The zero-order valence-electron chi connectivity index (χ0n) is 14.2. The molecule has 1 N–H and O–H groups in total. The number of hydrogen-bond acceptors (Lipinski definition) is 3. The molecular formula is C21H18FNO2S. The molecule has 0 aliphatic heterocycles. The average Bonchev–Trinajstić information content (AvgIpc) is 2.67. The first-order valence-corrected chi connectivity index (χ1v) is 9.29. The maximum Gasteiger partial charge on any atom is 0.321 e. The molecule has 5 heteroatoms. The number of carbonyl (C=O) groups is 1. The Bertz CT molecular complexity index is 898. The van der Waals surface area contributed by atoms with Gasteiger partial charge in [0.25, 0.3) is 0 Å². The summed E-state index contributed by atoms with van der Waals surface area (Å²) in [5, 5.41) is 8.92. The minimum Gasteiger partial charge on any atom is -0.480 e. The van der Waals surface area contributed by atoms with Gasteiger partial charge in [-0.1, -0.05) is 37.3 Å². The Balaban J connectivity index is 2.17. The van der Waals surface area contributed by atoms with Crippen LogP contribution in [0.1, 0.15) is 17.7 Å². The van der Waals surface area contributed by atoms with Crippen LogP contribution in [0.5, 0.6) is 0 Å². The minimum absolute atomic E-state index is 0.308. The van der Waals surface area contributed by atoms with Crippen molar-refractivity contribution in [2.24, 2.45) is 0 Å². The van der Waals surface area contributed by atoms with Crippen LogP contribution in [0.15, 0.2) is 67.0 Å². The van der Waals surface area contributed by atoms with Crippen LogP contribution >= 0.6 is 11.8 Å². The van der Waals surface area contributed by atoms with Gasteiger partial charge in [0.05, 0.1) is 0 Å². The number of pyridine rings is 1. The highest BCUT2D eigenvalue weighted by Crippen LogP contribution is 2.37. The smallest absolute Gasteiger partial charge is 0.321 e. The van der Waals surface area contributed by atoms with Crippen LogP contribution < -0.4 is 0 Å². The Hall–Kier alpha value is -2.66. The summed E-state index contributed by atoms with van der Waals surface area (Å²) < 4.78 is 13.3. The van der Waals surface area contributed by atoms with Crippen LogP contribution in [-0.4, -0.2) is 21.8 Å². The first-order valence-electron chi connectivity index (χ1n) is 8.25. The summed E-state index contributed by atoms with van der Waals surface area (Å²) in [7, 11) is 0. The van der Waals surface area contributed by atoms with Gasteiger partial charge in [-0.3, -0.25) is 9.78 Å². The number of hydrogen-bond donors (Lipinski definition) is 1. The van der Waals surface area contributed by atoms with Gasteiger partial charge >= 0.3 is 5.97 Å². The van der Waals surface area contributed by atoms with Crippen molar-refractivity contribution in [3.05, 3.63) is 78.4 Å². The summed E-state index contributed by atoms with van der Waals surface area (Å²) in [6, 6.07) is 15.7. The number of rotatable bonds is 6. The molecule has 3 aromatic rings. The second kappa shape index (κ2) is 8.15. The first-order chi connectivity index (χ1) is 12.6. The van der Waals surface area contributed by atoms with Gasteiger partial charge in [0, 0.05) is 18.0 Å². The molecule has 0 aliphatic carbocycles. The quantitative estimate of drug-likeness (QED) is 0.631. The number of aliphatic carboxylic acids is 1. The summed E-state index contributed by atoms with van der Waals surface area (Å²) in [5.74, 6) is -0.471. The van der Waals surface area contributed by atoms with Crippen molar-refractivity contribution in [1.82, 2.24) is 4.98 Å². The zero-order valence-corrected chi connectivity index (χ0v) is 15.0. The Kier molecular flexibility index (Phi) is 5.68. The monoisotopic (exact) mass is 367 g/mol. The van der Waals surface area contributed by atoms with Crippen molar-refractivity contribution in [1.29, 1.82) is 0 Å². The summed E-state index contributed by atoms with van der Waals surface area (Å²) in [4.78, 5) is 15.8. The van der Waals surface area contributed by atoms with Gasteiger partial charge in [-0.2, -0.15) is 0 Å². The molecular weight excluding hydrogens is 349 g/mol. The van der Waals surface area contributed by atoms with E-state index in [4.69, 9.17) is 0 Å². The molecule has 0 amide bonds. The Morgan fingerprint density at radius 3 is 2.50 bits per heavy atom. The topological polar surface area (TPSA) is 50.2 Å². The highest BCUT2D eigenvalue weighted by molar-refractivity contribution is 8.00. The fraction of sp³-hybridized carbons (Fsp3) is 0.143. The molecule has 0 fully saturated rings. The van der Waals surface area contributed by atoms with E-state index in [9.17, 15) is 14.3 Å². The van der Waals surface area contributed by atoms with Crippen LogP contribution in [0.3, 0.4) is 0 Å². The molecule has 2 aromatic carbocycles. The van der Waals surface area contributed by atoms with Gasteiger partial charge in [0.15, 0.2) is 0 Å². The molecule has 26 heavy (non-hydrogen) atoms. The Morgan fingerprint density at radius 1 is 1.12 bits per heavy atom. The second-order valence-electron chi connectivity index (χ2n) is 5.73. The Labute approximate surface area is 155 Å². The first kappa shape index (κ1) is 18.1. The molecule has 1 unspecified atom stereocenters. The Morgan fingerprint density at radius 2 is 1.88 bits per heavy atom. The maximum atomic E-state index is 13.3.